The van der Waals surface area contributed by atoms with Crippen LogP contribution >= 0.6 is 0 Å². The van der Waals surface area contributed by atoms with Crippen molar-refractivity contribution in [1.29, 1.82) is 0 Å². The summed E-state index contributed by atoms with van der Waals surface area (Å²) in [5.41, 5.74) is 1.75. The standard InChI is InChI=1S/C25H25F3N8O2/c26-25(27,28)16-2-4-18-20(14-16)30-22(29-18)24(38)36-11-9-34(10-12-36)17-5-7-35(8-6-17)23(37)15-1-3-19-21(13-15)32-33-31-19/h1-4,13-14,17H,5-12H2,(H,29,30)(H,31,32,33). The molecule has 0 unspecified atom stereocenters. The van der Waals surface area contributed by atoms with Crippen molar-refractivity contribution in [2.24, 2.45) is 0 Å². The van der Waals surface area contributed by atoms with E-state index in [-0.39, 0.29) is 23.2 Å². The normalized spacial score (nSPS) is 18.0. The molecule has 38 heavy (non-hydrogen) atoms. The van der Waals surface area contributed by atoms with Crippen LogP contribution in [0.25, 0.3) is 22.1 Å². The minimum absolute atomic E-state index is 0.0167. The van der Waals surface area contributed by atoms with Gasteiger partial charge in [-0.05, 0) is 49.2 Å². The molecule has 0 spiro atoms. The number of aromatic nitrogens is 5. The molecule has 2 aromatic carbocycles. The number of amides is 2. The molecule has 2 aliphatic heterocycles. The van der Waals surface area contributed by atoms with E-state index in [2.05, 4.69) is 30.3 Å². The predicted octanol–water partition coefficient (Wildman–Crippen LogP) is 2.92. The lowest BCUT2D eigenvalue weighted by molar-refractivity contribution is -0.137. The number of hydrogen-bond donors (Lipinski definition) is 2. The number of alkyl halides is 3. The fraction of sp³-hybridized carbons (Fsp3) is 0.400. The summed E-state index contributed by atoms with van der Waals surface area (Å²) in [6.45, 7) is 3.68. The fourth-order valence-electron chi connectivity index (χ4n) is 5.31. The minimum atomic E-state index is -4.47. The van der Waals surface area contributed by atoms with Crippen LogP contribution < -0.4 is 0 Å². The smallest absolute Gasteiger partial charge is 0.339 e. The van der Waals surface area contributed by atoms with Gasteiger partial charge in [-0.3, -0.25) is 19.6 Å². The highest BCUT2D eigenvalue weighted by molar-refractivity contribution is 5.97. The number of piperidine rings is 1. The third-order valence-electron chi connectivity index (χ3n) is 7.46. The van der Waals surface area contributed by atoms with E-state index < -0.39 is 11.7 Å². The Kier molecular flexibility index (Phi) is 6.01. The second kappa shape index (κ2) is 9.39. The fourth-order valence-corrected chi connectivity index (χ4v) is 5.31. The van der Waals surface area contributed by atoms with Crippen LogP contribution in [0.4, 0.5) is 13.2 Å². The Bertz CT molecular complexity index is 1500. The number of H-pyrrole nitrogens is 2. The van der Waals surface area contributed by atoms with E-state index in [0.717, 1.165) is 30.5 Å². The van der Waals surface area contributed by atoms with Crippen molar-refractivity contribution >= 4 is 33.9 Å². The Balaban J connectivity index is 1.03. The maximum Gasteiger partial charge on any atom is 0.416 e. The molecule has 10 nitrogen and oxygen atoms in total. The van der Waals surface area contributed by atoms with Crippen molar-refractivity contribution in [3.63, 3.8) is 0 Å². The summed E-state index contributed by atoms with van der Waals surface area (Å²) in [6, 6.07) is 8.88. The van der Waals surface area contributed by atoms with Gasteiger partial charge in [-0.15, -0.1) is 5.10 Å². The highest BCUT2D eigenvalue weighted by atomic mass is 19.4. The number of piperazine rings is 1. The summed E-state index contributed by atoms with van der Waals surface area (Å²) in [5.74, 6) is -0.292. The van der Waals surface area contributed by atoms with Crippen LogP contribution in [0, 0.1) is 0 Å². The number of carbonyl (C=O) groups excluding carboxylic acids is 2. The molecule has 2 fully saturated rings. The van der Waals surface area contributed by atoms with Gasteiger partial charge in [-0.25, -0.2) is 4.98 Å². The van der Waals surface area contributed by atoms with Gasteiger partial charge in [-0.2, -0.15) is 13.2 Å². The topological polar surface area (TPSA) is 114 Å². The van der Waals surface area contributed by atoms with Crippen LogP contribution in [-0.2, 0) is 6.18 Å². The third kappa shape index (κ3) is 4.57. The second-order valence-electron chi connectivity index (χ2n) is 9.71. The molecule has 4 aromatic rings. The number of benzene rings is 2. The number of nitrogens with zero attached hydrogens (tertiary/aromatic N) is 6. The number of imidazole rings is 1. The van der Waals surface area contributed by atoms with Gasteiger partial charge in [0.25, 0.3) is 11.8 Å². The first-order valence-electron chi connectivity index (χ1n) is 12.5. The summed E-state index contributed by atoms with van der Waals surface area (Å²) >= 11 is 0. The lowest BCUT2D eigenvalue weighted by Crippen LogP contribution is -2.54. The highest BCUT2D eigenvalue weighted by Crippen LogP contribution is 2.31. The summed E-state index contributed by atoms with van der Waals surface area (Å²) in [7, 11) is 0. The number of fused-ring (bicyclic) bond motifs is 2. The number of aromatic amines is 2. The summed E-state index contributed by atoms with van der Waals surface area (Å²) in [4.78, 5) is 38.8. The molecule has 2 aromatic heterocycles. The van der Waals surface area contributed by atoms with Crippen molar-refractivity contribution in [3.8, 4) is 0 Å². The molecule has 0 saturated carbocycles. The first kappa shape index (κ1) is 24.3. The summed E-state index contributed by atoms with van der Waals surface area (Å²) in [6.07, 6.45) is -2.78. The van der Waals surface area contributed by atoms with Crippen molar-refractivity contribution in [2.75, 3.05) is 39.3 Å². The van der Waals surface area contributed by atoms with Crippen molar-refractivity contribution in [2.45, 2.75) is 25.1 Å². The van der Waals surface area contributed by atoms with Crippen LogP contribution in [0.1, 0.15) is 39.4 Å². The van der Waals surface area contributed by atoms with Gasteiger partial charge in [0.1, 0.15) is 5.52 Å². The third-order valence-corrected chi connectivity index (χ3v) is 7.46. The van der Waals surface area contributed by atoms with Gasteiger partial charge in [-0.1, -0.05) is 5.21 Å². The molecule has 2 N–H and O–H groups in total. The molecule has 2 aliphatic rings. The van der Waals surface area contributed by atoms with E-state index in [1.54, 1.807) is 23.1 Å². The van der Waals surface area contributed by atoms with E-state index in [0.29, 0.717) is 61.9 Å². The van der Waals surface area contributed by atoms with Gasteiger partial charge in [0, 0.05) is 50.9 Å². The van der Waals surface area contributed by atoms with Crippen LogP contribution in [0.3, 0.4) is 0 Å². The number of likely N-dealkylation sites (tertiary alicyclic amines) is 1. The first-order valence-corrected chi connectivity index (χ1v) is 12.5. The van der Waals surface area contributed by atoms with Gasteiger partial charge < -0.3 is 14.8 Å². The van der Waals surface area contributed by atoms with E-state index >= 15 is 0 Å². The van der Waals surface area contributed by atoms with Gasteiger partial charge in [0.15, 0.2) is 5.82 Å². The summed E-state index contributed by atoms with van der Waals surface area (Å²) in [5, 5.41) is 10.5. The lowest BCUT2D eigenvalue weighted by Gasteiger charge is -2.42. The molecule has 0 atom stereocenters. The molecule has 2 amide bonds. The van der Waals surface area contributed by atoms with Gasteiger partial charge in [0.05, 0.1) is 22.1 Å². The van der Waals surface area contributed by atoms with E-state index in [9.17, 15) is 22.8 Å². The van der Waals surface area contributed by atoms with Crippen molar-refractivity contribution < 1.29 is 22.8 Å². The van der Waals surface area contributed by atoms with Gasteiger partial charge >= 0.3 is 6.18 Å². The van der Waals surface area contributed by atoms with E-state index in [4.69, 9.17) is 0 Å². The molecule has 4 heterocycles. The van der Waals surface area contributed by atoms with Crippen molar-refractivity contribution in [3.05, 3.63) is 53.3 Å². The Labute approximate surface area is 214 Å². The molecule has 13 heteroatoms. The van der Waals surface area contributed by atoms with Gasteiger partial charge in [0.2, 0.25) is 0 Å². The number of nitrogens with one attached hydrogen (secondary N) is 2. The lowest BCUT2D eigenvalue weighted by atomic mass is 10.0. The molecule has 6 rings (SSSR count). The Hall–Kier alpha value is -4.00. The maximum absolute atomic E-state index is 13.0. The predicted molar refractivity (Wildman–Crippen MR) is 131 cm³/mol. The molecular weight excluding hydrogens is 501 g/mol. The van der Waals surface area contributed by atoms with Crippen LogP contribution in [0.2, 0.25) is 0 Å². The maximum atomic E-state index is 13.0. The monoisotopic (exact) mass is 526 g/mol. The quantitative estimate of drug-likeness (QED) is 0.425. The van der Waals surface area contributed by atoms with Crippen LogP contribution in [0.5, 0.6) is 0 Å². The second-order valence-corrected chi connectivity index (χ2v) is 9.71. The number of hydrogen-bond acceptors (Lipinski definition) is 6. The zero-order chi connectivity index (χ0) is 26.4. The van der Waals surface area contributed by atoms with E-state index in [1.807, 2.05) is 4.90 Å². The largest absolute Gasteiger partial charge is 0.416 e. The molecule has 0 bridgehead atoms. The average Bonchev–Trinajstić information content (AvgIpc) is 3.58. The Morgan fingerprint density at radius 2 is 1.55 bits per heavy atom. The molecule has 2 saturated heterocycles. The zero-order valence-corrected chi connectivity index (χ0v) is 20.3. The molecule has 0 radical (unpaired) electrons. The minimum Gasteiger partial charge on any atom is -0.339 e. The number of halogens is 3. The van der Waals surface area contributed by atoms with Crippen LogP contribution in [0.15, 0.2) is 36.4 Å². The van der Waals surface area contributed by atoms with E-state index in [1.165, 1.54) is 6.07 Å². The first-order chi connectivity index (χ1) is 18.3. The van der Waals surface area contributed by atoms with Crippen LogP contribution in [-0.4, -0.2) is 97.2 Å². The number of carbonyl (C=O) groups is 2. The number of rotatable bonds is 3. The highest BCUT2D eigenvalue weighted by Gasteiger charge is 2.33. The molecular formula is C25H25F3N8O2. The molecule has 198 valence electrons. The summed E-state index contributed by atoms with van der Waals surface area (Å²) < 4.78 is 39.0. The molecule has 0 aliphatic carbocycles. The average molecular weight is 527 g/mol. The zero-order valence-electron chi connectivity index (χ0n) is 20.3. The SMILES string of the molecule is O=C(c1ccc2[nH]nnc2c1)N1CCC(N2CCN(C(=O)c3nc4cc(C(F)(F)F)ccc4[nH]3)CC2)CC1. The Morgan fingerprint density at radius 1 is 0.842 bits per heavy atom. The Morgan fingerprint density at radius 3 is 2.29 bits per heavy atom. The van der Waals surface area contributed by atoms with Crippen molar-refractivity contribution in [1.82, 2.24) is 40.1 Å².